The molecule has 5 nitrogen and oxygen atoms in total. The van der Waals surface area contributed by atoms with E-state index in [9.17, 15) is 0 Å². The lowest BCUT2D eigenvalue weighted by atomic mass is 10.0. The maximum absolute atomic E-state index is 5.36. The van der Waals surface area contributed by atoms with Crippen molar-refractivity contribution in [2.45, 2.75) is 26.3 Å². The number of aromatic nitrogens is 2. The fraction of sp³-hybridized carbons (Fsp3) is 0.375. The van der Waals surface area contributed by atoms with Crippen molar-refractivity contribution in [3.63, 3.8) is 0 Å². The third kappa shape index (κ3) is 3.62. The van der Waals surface area contributed by atoms with Gasteiger partial charge in [-0.05, 0) is 17.0 Å². The first-order valence-electron chi connectivity index (χ1n) is 7.05. The number of hydrogen-bond donors (Lipinski definition) is 2. The summed E-state index contributed by atoms with van der Waals surface area (Å²) in [6.45, 7) is 5.07. The summed E-state index contributed by atoms with van der Waals surface area (Å²) in [4.78, 5) is 8.36. The van der Waals surface area contributed by atoms with Crippen molar-refractivity contribution >= 4 is 11.6 Å². The van der Waals surface area contributed by atoms with Crippen LogP contribution in [-0.4, -0.2) is 24.1 Å². The fourth-order valence-corrected chi connectivity index (χ4v) is 2.08. The van der Waals surface area contributed by atoms with Crippen LogP contribution in [0, 0.1) is 0 Å². The van der Waals surface area contributed by atoms with Crippen LogP contribution in [0.15, 0.2) is 30.6 Å². The van der Waals surface area contributed by atoms with Crippen LogP contribution in [-0.2, 0) is 6.54 Å². The molecule has 1 aromatic heterocycles. The molecule has 0 saturated carbocycles. The largest absolute Gasteiger partial charge is 0.490 e. The molecule has 0 unspecified atom stereocenters. The Morgan fingerprint density at radius 3 is 2.33 bits per heavy atom. The lowest BCUT2D eigenvalue weighted by Gasteiger charge is -2.13. The molecule has 112 valence electrons. The SMILES string of the molecule is CNc1ncnc(NCc2ccc(C(C)C)cc2)c1OC. The third-order valence-corrected chi connectivity index (χ3v) is 3.35. The van der Waals surface area contributed by atoms with Crippen LogP contribution in [0.1, 0.15) is 30.9 Å². The summed E-state index contributed by atoms with van der Waals surface area (Å²) in [6.07, 6.45) is 1.51. The third-order valence-electron chi connectivity index (χ3n) is 3.35. The minimum absolute atomic E-state index is 0.548. The van der Waals surface area contributed by atoms with E-state index in [-0.39, 0.29) is 0 Å². The van der Waals surface area contributed by atoms with Gasteiger partial charge in [0.1, 0.15) is 6.33 Å². The van der Waals surface area contributed by atoms with Crippen LogP contribution in [0.5, 0.6) is 5.75 Å². The first kappa shape index (κ1) is 15.1. The number of methoxy groups -OCH3 is 1. The van der Waals surface area contributed by atoms with Gasteiger partial charge in [-0.3, -0.25) is 0 Å². The number of nitrogens with one attached hydrogen (secondary N) is 2. The molecule has 0 bridgehead atoms. The fourth-order valence-electron chi connectivity index (χ4n) is 2.08. The Kier molecular flexibility index (Phi) is 4.98. The first-order valence-corrected chi connectivity index (χ1v) is 7.05. The molecule has 5 heteroatoms. The van der Waals surface area contributed by atoms with Gasteiger partial charge in [0.2, 0.25) is 5.75 Å². The monoisotopic (exact) mass is 286 g/mol. The van der Waals surface area contributed by atoms with Crippen LogP contribution < -0.4 is 15.4 Å². The average Bonchev–Trinajstić information content (AvgIpc) is 2.52. The van der Waals surface area contributed by atoms with Gasteiger partial charge in [0.05, 0.1) is 7.11 Å². The summed E-state index contributed by atoms with van der Waals surface area (Å²) >= 11 is 0. The minimum atomic E-state index is 0.548. The molecule has 1 aromatic carbocycles. The van der Waals surface area contributed by atoms with E-state index in [1.165, 1.54) is 17.5 Å². The van der Waals surface area contributed by atoms with Gasteiger partial charge in [0.15, 0.2) is 11.6 Å². The van der Waals surface area contributed by atoms with Gasteiger partial charge in [-0.15, -0.1) is 0 Å². The number of anilines is 2. The van der Waals surface area contributed by atoms with E-state index >= 15 is 0 Å². The van der Waals surface area contributed by atoms with Gasteiger partial charge in [0, 0.05) is 13.6 Å². The Labute approximate surface area is 125 Å². The molecule has 0 atom stereocenters. The van der Waals surface area contributed by atoms with Gasteiger partial charge in [-0.2, -0.15) is 0 Å². The highest BCUT2D eigenvalue weighted by Crippen LogP contribution is 2.28. The zero-order chi connectivity index (χ0) is 15.2. The second-order valence-electron chi connectivity index (χ2n) is 5.10. The minimum Gasteiger partial charge on any atom is -0.490 e. The van der Waals surface area contributed by atoms with E-state index in [1.54, 1.807) is 14.2 Å². The molecule has 0 aliphatic rings. The topological polar surface area (TPSA) is 59.1 Å². The number of nitrogens with zero attached hydrogens (tertiary/aromatic N) is 2. The van der Waals surface area contributed by atoms with Crippen molar-refractivity contribution in [1.82, 2.24) is 9.97 Å². The summed E-state index contributed by atoms with van der Waals surface area (Å²) in [6, 6.07) is 8.60. The lowest BCUT2D eigenvalue weighted by molar-refractivity contribution is 0.415. The second kappa shape index (κ2) is 6.92. The summed E-state index contributed by atoms with van der Waals surface area (Å²) < 4.78 is 5.36. The Morgan fingerprint density at radius 1 is 1.10 bits per heavy atom. The predicted octanol–water partition coefficient (Wildman–Crippen LogP) is 3.26. The molecule has 0 radical (unpaired) electrons. The summed E-state index contributed by atoms with van der Waals surface area (Å²) in [7, 11) is 3.42. The van der Waals surface area contributed by atoms with E-state index in [4.69, 9.17) is 4.74 Å². The van der Waals surface area contributed by atoms with Crippen LogP contribution >= 0.6 is 0 Å². The average molecular weight is 286 g/mol. The van der Waals surface area contributed by atoms with Crippen molar-refractivity contribution in [3.8, 4) is 5.75 Å². The molecular weight excluding hydrogens is 264 g/mol. The van der Waals surface area contributed by atoms with Gasteiger partial charge < -0.3 is 15.4 Å². The molecule has 1 heterocycles. The molecule has 0 amide bonds. The van der Waals surface area contributed by atoms with E-state index < -0.39 is 0 Å². The van der Waals surface area contributed by atoms with E-state index in [0.29, 0.717) is 29.8 Å². The molecule has 0 spiro atoms. The zero-order valence-corrected chi connectivity index (χ0v) is 13.0. The molecule has 2 N–H and O–H groups in total. The van der Waals surface area contributed by atoms with E-state index in [0.717, 1.165) is 0 Å². The highest BCUT2D eigenvalue weighted by molar-refractivity contribution is 5.63. The summed E-state index contributed by atoms with van der Waals surface area (Å²) in [5.41, 5.74) is 2.54. The molecule has 2 rings (SSSR count). The molecule has 0 fully saturated rings. The molecule has 0 saturated heterocycles. The highest BCUT2D eigenvalue weighted by atomic mass is 16.5. The summed E-state index contributed by atoms with van der Waals surface area (Å²) in [5, 5.41) is 6.28. The maximum atomic E-state index is 5.36. The lowest BCUT2D eigenvalue weighted by Crippen LogP contribution is -2.06. The standard InChI is InChI=1S/C16H22N4O/c1-11(2)13-7-5-12(6-8-13)9-18-16-14(21-4)15(17-3)19-10-20-16/h5-8,10-11H,9H2,1-4H3,(H2,17,18,19,20). The number of ether oxygens (including phenoxy) is 1. The summed E-state index contributed by atoms with van der Waals surface area (Å²) in [5.74, 6) is 2.53. The first-order chi connectivity index (χ1) is 10.2. The Bertz CT molecular complexity index is 581. The van der Waals surface area contributed by atoms with Gasteiger partial charge in [-0.1, -0.05) is 38.1 Å². The Balaban J connectivity index is 2.09. The number of benzene rings is 1. The molecule has 0 aliphatic carbocycles. The van der Waals surface area contributed by atoms with Crippen LogP contribution in [0.4, 0.5) is 11.6 Å². The Morgan fingerprint density at radius 2 is 1.76 bits per heavy atom. The van der Waals surface area contributed by atoms with Crippen LogP contribution in [0.2, 0.25) is 0 Å². The van der Waals surface area contributed by atoms with Crippen molar-refractivity contribution in [2.75, 3.05) is 24.8 Å². The maximum Gasteiger partial charge on any atom is 0.204 e. The number of hydrogen-bond acceptors (Lipinski definition) is 5. The number of rotatable bonds is 6. The quantitative estimate of drug-likeness (QED) is 0.853. The van der Waals surface area contributed by atoms with Crippen molar-refractivity contribution in [2.24, 2.45) is 0 Å². The smallest absolute Gasteiger partial charge is 0.204 e. The normalized spacial score (nSPS) is 10.5. The molecular formula is C16H22N4O. The van der Waals surface area contributed by atoms with E-state index in [2.05, 4.69) is 58.7 Å². The van der Waals surface area contributed by atoms with Gasteiger partial charge in [-0.25, -0.2) is 9.97 Å². The molecule has 21 heavy (non-hydrogen) atoms. The highest BCUT2D eigenvalue weighted by Gasteiger charge is 2.10. The van der Waals surface area contributed by atoms with Crippen LogP contribution in [0.25, 0.3) is 0 Å². The molecule has 0 aliphatic heterocycles. The van der Waals surface area contributed by atoms with Crippen molar-refractivity contribution in [1.29, 1.82) is 0 Å². The van der Waals surface area contributed by atoms with E-state index in [1.807, 2.05) is 0 Å². The second-order valence-corrected chi connectivity index (χ2v) is 5.10. The predicted molar refractivity (Wildman–Crippen MR) is 86.0 cm³/mol. The zero-order valence-electron chi connectivity index (χ0n) is 13.0. The Hall–Kier alpha value is -2.30. The van der Waals surface area contributed by atoms with Gasteiger partial charge in [0.25, 0.3) is 0 Å². The van der Waals surface area contributed by atoms with Crippen LogP contribution in [0.3, 0.4) is 0 Å². The molecule has 2 aromatic rings. The van der Waals surface area contributed by atoms with Crippen molar-refractivity contribution < 1.29 is 4.74 Å². The van der Waals surface area contributed by atoms with Crippen molar-refractivity contribution in [3.05, 3.63) is 41.7 Å². The van der Waals surface area contributed by atoms with Gasteiger partial charge >= 0.3 is 0 Å².